The van der Waals surface area contributed by atoms with Crippen LogP contribution < -0.4 is 0 Å². The van der Waals surface area contributed by atoms with E-state index in [0.29, 0.717) is 5.76 Å². The SMILES string of the molecule is CO/C=C\c1cccc2c1ccc1c2ccc2c3cc(C#N)oc3ccc21. The molecule has 0 radical (unpaired) electrons. The first-order chi connectivity index (χ1) is 13.3. The van der Waals surface area contributed by atoms with Crippen LogP contribution in [0.25, 0.3) is 49.4 Å². The molecule has 0 bridgehead atoms. The molecule has 0 spiro atoms. The number of nitriles is 1. The van der Waals surface area contributed by atoms with Gasteiger partial charge in [-0.2, -0.15) is 5.26 Å². The lowest BCUT2D eigenvalue weighted by Gasteiger charge is -2.10. The van der Waals surface area contributed by atoms with E-state index in [2.05, 4.69) is 54.6 Å². The van der Waals surface area contributed by atoms with E-state index in [9.17, 15) is 0 Å². The van der Waals surface area contributed by atoms with Gasteiger partial charge in [-0.15, -0.1) is 0 Å². The third-order valence-corrected chi connectivity index (χ3v) is 5.08. The van der Waals surface area contributed by atoms with E-state index in [1.165, 1.54) is 21.5 Å². The number of benzene rings is 4. The summed E-state index contributed by atoms with van der Waals surface area (Å²) >= 11 is 0. The molecule has 128 valence electrons. The number of rotatable bonds is 2. The number of fused-ring (bicyclic) bond motifs is 7. The van der Waals surface area contributed by atoms with Gasteiger partial charge in [0.05, 0.1) is 13.4 Å². The van der Waals surface area contributed by atoms with E-state index in [-0.39, 0.29) is 0 Å². The zero-order valence-corrected chi connectivity index (χ0v) is 14.7. The minimum atomic E-state index is 0.339. The molecule has 1 aromatic heterocycles. The van der Waals surface area contributed by atoms with E-state index in [4.69, 9.17) is 14.4 Å². The second kappa shape index (κ2) is 5.89. The van der Waals surface area contributed by atoms with Gasteiger partial charge >= 0.3 is 0 Å². The Balaban J connectivity index is 1.87. The van der Waals surface area contributed by atoms with Crippen LogP contribution >= 0.6 is 0 Å². The molecule has 5 rings (SSSR count). The molecule has 5 aromatic rings. The number of furan rings is 1. The highest BCUT2D eigenvalue weighted by atomic mass is 16.5. The molecule has 27 heavy (non-hydrogen) atoms. The van der Waals surface area contributed by atoms with Crippen LogP contribution in [0.4, 0.5) is 0 Å². The van der Waals surface area contributed by atoms with Gasteiger partial charge in [0.25, 0.3) is 0 Å². The Bertz CT molecular complexity index is 1420. The number of hydrogen-bond donors (Lipinski definition) is 0. The summed E-state index contributed by atoms with van der Waals surface area (Å²) in [4.78, 5) is 0. The molecule has 3 nitrogen and oxygen atoms in total. The Morgan fingerprint density at radius 1 is 0.815 bits per heavy atom. The quantitative estimate of drug-likeness (QED) is 0.274. The molecular formula is C24H15NO2. The summed E-state index contributed by atoms with van der Waals surface area (Å²) in [5.74, 6) is 0.339. The molecule has 0 amide bonds. The highest BCUT2D eigenvalue weighted by Crippen LogP contribution is 2.36. The van der Waals surface area contributed by atoms with Crippen molar-refractivity contribution in [2.24, 2.45) is 0 Å². The fourth-order valence-electron chi connectivity index (χ4n) is 3.88. The molecule has 0 aliphatic rings. The van der Waals surface area contributed by atoms with Gasteiger partial charge in [-0.05, 0) is 50.0 Å². The van der Waals surface area contributed by atoms with Crippen molar-refractivity contribution in [3.8, 4) is 6.07 Å². The third kappa shape index (κ3) is 2.28. The summed E-state index contributed by atoms with van der Waals surface area (Å²) in [5, 5.41) is 17.1. The summed E-state index contributed by atoms with van der Waals surface area (Å²) in [6.45, 7) is 0. The van der Waals surface area contributed by atoms with Gasteiger partial charge in [-0.25, -0.2) is 0 Å². The van der Waals surface area contributed by atoms with Gasteiger partial charge < -0.3 is 9.15 Å². The van der Waals surface area contributed by atoms with Crippen LogP contribution in [0.1, 0.15) is 11.3 Å². The van der Waals surface area contributed by atoms with Crippen LogP contribution in [-0.4, -0.2) is 7.11 Å². The van der Waals surface area contributed by atoms with Gasteiger partial charge in [0.2, 0.25) is 5.76 Å². The molecule has 4 aromatic carbocycles. The fraction of sp³-hybridized carbons (Fsp3) is 0.0417. The monoisotopic (exact) mass is 349 g/mol. The van der Waals surface area contributed by atoms with Crippen LogP contribution in [-0.2, 0) is 4.74 Å². The van der Waals surface area contributed by atoms with Crippen molar-refractivity contribution in [1.82, 2.24) is 0 Å². The molecule has 0 saturated heterocycles. The Morgan fingerprint density at radius 3 is 2.15 bits per heavy atom. The summed E-state index contributed by atoms with van der Waals surface area (Å²) in [6, 6.07) is 22.8. The minimum absolute atomic E-state index is 0.339. The number of methoxy groups -OCH3 is 1. The molecule has 1 heterocycles. The molecule has 0 aliphatic carbocycles. The predicted octanol–water partition coefficient (Wildman–Crippen LogP) is 6.38. The molecule has 0 saturated carbocycles. The summed E-state index contributed by atoms with van der Waals surface area (Å²) in [5.41, 5.74) is 1.87. The Labute approximate surface area is 155 Å². The smallest absolute Gasteiger partial charge is 0.204 e. The first-order valence-electron chi connectivity index (χ1n) is 8.70. The van der Waals surface area contributed by atoms with E-state index < -0.39 is 0 Å². The normalized spacial score (nSPS) is 11.7. The van der Waals surface area contributed by atoms with E-state index in [1.807, 2.05) is 18.2 Å². The molecule has 3 heteroatoms. The average molecular weight is 349 g/mol. The number of hydrogen-bond acceptors (Lipinski definition) is 3. The predicted molar refractivity (Wildman–Crippen MR) is 109 cm³/mol. The summed E-state index contributed by atoms with van der Waals surface area (Å²) in [7, 11) is 1.65. The van der Waals surface area contributed by atoms with Gasteiger partial charge in [-0.3, -0.25) is 0 Å². The second-order valence-corrected chi connectivity index (χ2v) is 6.50. The van der Waals surface area contributed by atoms with E-state index in [0.717, 1.165) is 27.3 Å². The number of ether oxygens (including phenoxy) is 1. The van der Waals surface area contributed by atoms with Crippen LogP contribution in [0.3, 0.4) is 0 Å². The summed E-state index contributed by atoms with van der Waals surface area (Å²) < 4.78 is 10.7. The fourth-order valence-corrected chi connectivity index (χ4v) is 3.88. The van der Waals surface area contributed by atoms with Crippen molar-refractivity contribution in [2.45, 2.75) is 0 Å². The topological polar surface area (TPSA) is 46.2 Å². The second-order valence-electron chi connectivity index (χ2n) is 6.50. The van der Waals surface area contributed by atoms with Crippen LogP contribution in [0.5, 0.6) is 0 Å². The highest BCUT2D eigenvalue weighted by Gasteiger charge is 2.11. The van der Waals surface area contributed by atoms with Gasteiger partial charge in [0.1, 0.15) is 11.7 Å². The van der Waals surface area contributed by atoms with E-state index in [1.54, 1.807) is 13.4 Å². The maximum absolute atomic E-state index is 9.13. The van der Waals surface area contributed by atoms with Crippen molar-refractivity contribution in [3.05, 3.63) is 78.2 Å². The molecular weight excluding hydrogens is 334 g/mol. The van der Waals surface area contributed by atoms with Crippen LogP contribution in [0.15, 0.2) is 71.3 Å². The van der Waals surface area contributed by atoms with Crippen LogP contribution in [0.2, 0.25) is 0 Å². The Hall–Kier alpha value is -3.77. The highest BCUT2D eigenvalue weighted by molar-refractivity contribution is 6.22. The van der Waals surface area contributed by atoms with Crippen molar-refractivity contribution < 1.29 is 9.15 Å². The number of nitrogens with zero attached hydrogens (tertiary/aromatic N) is 1. The zero-order chi connectivity index (χ0) is 18.4. The molecule has 0 unspecified atom stereocenters. The van der Waals surface area contributed by atoms with Crippen molar-refractivity contribution in [3.63, 3.8) is 0 Å². The van der Waals surface area contributed by atoms with Gasteiger partial charge in [0, 0.05) is 11.5 Å². The first kappa shape index (κ1) is 15.5. The lowest BCUT2D eigenvalue weighted by Crippen LogP contribution is -1.84. The van der Waals surface area contributed by atoms with Gasteiger partial charge in [-0.1, -0.05) is 48.5 Å². The first-order valence-corrected chi connectivity index (χ1v) is 8.70. The summed E-state index contributed by atoms with van der Waals surface area (Å²) in [6.07, 6.45) is 3.68. The zero-order valence-electron chi connectivity index (χ0n) is 14.7. The standard InChI is InChI=1S/C24H15NO2/c1-26-12-11-15-3-2-4-18-17(15)5-6-20-19(18)7-8-22-21(20)9-10-24-23(22)13-16(14-25)27-24/h2-13H,1H3/b12-11-. The lowest BCUT2D eigenvalue weighted by atomic mass is 9.94. The Kier molecular flexibility index (Phi) is 3.38. The van der Waals surface area contributed by atoms with Crippen molar-refractivity contribution in [2.75, 3.05) is 7.11 Å². The van der Waals surface area contributed by atoms with Crippen LogP contribution in [0, 0.1) is 11.3 Å². The average Bonchev–Trinajstić information content (AvgIpc) is 3.15. The molecule has 0 aliphatic heterocycles. The molecule has 0 fully saturated rings. The maximum atomic E-state index is 9.13. The van der Waals surface area contributed by atoms with Gasteiger partial charge in [0.15, 0.2) is 0 Å². The largest absolute Gasteiger partial charge is 0.504 e. The minimum Gasteiger partial charge on any atom is -0.504 e. The Morgan fingerprint density at radius 2 is 1.44 bits per heavy atom. The molecule has 0 atom stereocenters. The maximum Gasteiger partial charge on any atom is 0.204 e. The lowest BCUT2D eigenvalue weighted by molar-refractivity contribution is 0.341. The van der Waals surface area contributed by atoms with E-state index >= 15 is 0 Å². The van der Waals surface area contributed by atoms with Crippen molar-refractivity contribution in [1.29, 1.82) is 5.26 Å². The third-order valence-electron chi connectivity index (χ3n) is 5.08. The van der Waals surface area contributed by atoms with Crippen molar-refractivity contribution >= 4 is 49.4 Å². The molecule has 0 N–H and O–H groups in total.